The normalized spacial score (nSPS) is 10.8. The molecule has 0 fully saturated rings. The van der Waals surface area contributed by atoms with Gasteiger partial charge in [-0.3, -0.25) is 19.0 Å². The number of aryl methyl sites for hydroxylation is 2. The van der Waals surface area contributed by atoms with Crippen molar-refractivity contribution in [2.45, 2.75) is 13.1 Å². The molecule has 8 rings (SSSR count). The van der Waals surface area contributed by atoms with Gasteiger partial charge < -0.3 is 21.3 Å². The highest BCUT2D eigenvalue weighted by atomic mass is 79.9. The molecule has 0 radical (unpaired) electrons. The van der Waals surface area contributed by atoms with Gasteiger partial charge in [0.25, 0.3) is 11.8 Å². The van der Waals surface area contributed by atoms with Crippen LogP contribution in [0.15, 0.2) is 143 Å². The lowest BCUT2D eigenvalue weighted by atomic mass is 10.1. The number of rotatable bonds is 10. The van der Waals surface area contributed by atoms with Crippen molar-refractivity contribution < 1.29 is 9.59 Å². The summed E-state index contributed by atoms with van der Waals surface area (Å²) in [4.78, 5) is 34.0. The van der Waals surface area contributed by atoms with E-state index in [0.29, 0.717) is 24.2 Å². The Morgan fingerprint density at radius 2 is 1.18 bits per heavy atom. The Morgan fingerprint density at radius 1 is 0.643 bits per heavy atom. The van der Waals surface area contributed by atoms with E-state index in [9.17, 15) is 9.59 Å². The van der Waals surface area contributed by atoms with Crippen LogP contribution >= 0.6 is 31.9 Å². The van der Waals surface area contributed by atoms with Gasteiger partial charge in [-0.2, -0.15) is 10.2 Å². The lowest BCUT2D eigenvalue weighted by Gasteiger charge is -2.12. The topological polar surface area (TPSA) is 144 Å². The zero-order valence-corrected chi connectivity index (χ0v) is 33.5. The van der Waals surface area contributed by atoms with Crippen LogP contribution in [0.3, 0.4) is 0 Å². The average molecular weight is 873 g/mol. The van der Waals surface area contributed by atoms with Crippen molar-refractivity contribution >= 4 is 88.2 Å². The van der Waals surface area contributed by atoms with Crippen LogP contribution in [0.2, 0.25) is 0 Å². The second kappa shape index (κ2) is 17.4. The number of nitrogens with zero attached hydrogens (tertiary/aromatic N) is 6. The molecule has 12 nitrogen and oxygen atoms in total. The highest BCUT2D eigenvalue weighted by Crippen LogP contribution is 2.24. The number of hydrogen-bond acceptors (Lipinski definition) is 8. The smallest absolute Gasteiger partial charge is 0.257 e. The summed E-state index contributed by atoms with van der Waals surface area (Å²) in [5.41, 5.74) is 8.24. The van der Waals surface area contributed by atoms with Crippen LogP contribution in [-0.2, 0) is 27.2 Å². The minimum absolute atomic E-state index is 0.165. The SMILES string of the molecule is Cn1cc2cc(NC(=O)c3ccccc3NCc3ccnc(Br)c3)ccc2n1.Cn1ncc2cc(NC(=O)c3ccccc3NCc3ccnc(Br)c3)ccc21. The highest BCUT2D eigenvalue weighted by molar-refractivity contribution is 9.10. The molecule has 2 amide bonds. The first-order valence-corrected chi connectivity index (χ1v) is 19.1. The van der Waals surface area contributed by atoms with Gasteiger partial charge in [0.15, 0.2) is 0 Å². The number of carbonyl (C=O) groups is 2. The number of halogens is 2. The van der Waals surface area contributed by atoms with Crippen molar-refractivity contribution in [2.24, 2.45) is 14.1 Å². The van der Waals surface area contributed by atoms with Crippen LogP contribution in [0.4, 0.5) is 22.7 Å². The predicted octanol–water partition coefficient (Wildman–Crippen LogP) is 9.19. The van der Waals surface area contributed by atoms with E-state index in [2.05, 4.69) is 73.3 Å². The van der Waals surface area contributed by atoms with E-state index in [4.69, 9.17) is 0 Å². The first-order chi connectivity index (χ1) is 27.2. The molecule has 4 heterocycles. The van der Waals surface area contributed by atoms with E-state index in [0.717, 1.165) is 64.9 Å². The van der Waals surface area contributed by atoms with Gasteiger partial charge in [-0.25, -0.2) is 9.97 Å². The standard InChI is InChI=1S/2C21H18BrN5O/c1-27-13-15-11-16(6-7-18(15)26-27)25-21(28)17-4-2-3-5-19(17)24-12-14-8-9-23-20(22)10-14;1-27-19-7-6-16(11-15(19)13-25-27)26-21(28)17-4-2-3-5-18(17)24-12-14-8-9-23-20(22)10-14/h2-11,13,24H,12H2,1H3,(H,25,28);2-11,13,24H,12H2,1H3,(H,26,28). The Morgan fingerprint density at radius 3 is 1.75 bits per heavy atom. The summed E-state index contributed by atoms with van der Waals surface area (Å²) in [7, 11) is 3.77. The number of anilines is 4. The van der Waals surface area contributed by atoms with Crippen LogP contribution in [0.1, 0.15) is 31.8 Å². The van der Waals surface area contributed by atoms with Crippen LogP contribution in [0.5, 0.6) is 0 Å². The lowest BCUT2D eigenvalue weighted by molar-refractivity contribution is 0.101. The highest BCUT2D eigenvalue weighted by Gasteiger charge is 2.14. The largest absolute Gasteiger partial charge is 0.380 e. The molecule has 0 atom stereocenters. The number of carbonyl (C=O) groups excluding carboxylic acids is 2. The predicted molar refractivity (Wildman–Crippen MR) is 229 cm³/mol. The Kier molecular flexibility index (Phi) is 11.8. The van der Waals surface area contributed by atoms with Crippen LogP contribution in [0, 0.1) is 0 Å². The molecule has 14 heteroatoms. The quantitative estimate of drug-likeness (QED) is 0.0997. The fraction of sp³-hybridized carbons (Fsp3) is 0.0952. The van der Waals surface area contributed by atoms with Crippen LogP contribution in [0.25, 0.3) is 21.8 Å². The van der Waals surface area contributed by atoms with Crippen LogP contribution < -0.4 is 21.3 Å². The third-order valence-corrected chi connectivity index (χ3v) is 9.64. The molecule has 4 aromatic heterocycles. The number of pyridine rings is 2. The minimum atomic E-state index is -0.165. The molecule has 8 aromatic rings. The van der Waals surface area contributed by atoms with E-state index in [1.165, 1.54) is 0 Å². The molecule has 0 bridgehead atoms. The summed E-state index contributed by atoms with van der Waals surface area (Å²) < 4.78 is 5.12. The molecule has 0 unspecified atom stereocenters. The van der Waals surface area contributed by atoms with Gasteiger partial charge >= 0.3 is 0 Å². The molecule has 0 aliphatic heterocycles. The molecule has 4 N–H and O–H groups in total. The first-order valence-electron chi connectivity index (χ1n) is 17.5. The summed E-state index contributed by atoms with van der Waals surface area (Å²) in [6, 6.07) is 34.1. The van der Waals surface area contributed by atoms with Gasteiger partial charge in [0, 0.05) is 79.3 Å². The number of aromatic nitrogens is 6. The second-order valence-corrected chi connectivity index (χ2v) is 14.4. The number of fused-ring (bicyclic) bond motifs is 2. The summed E-state index contributed by atoms with van der Waals surface area (Å²) in [6.07, 6.45) is 7.20. The second-order valence-electron chi connectivity index (χ2n) is 12.8. The van der Waals surface area contributed by atoms with E-state index in [-0.39, 0.29) is 11.8 Å². The van der Waals surface area contributed by atoms with Gasteiger partial charge in [-0.15, -0.1) is 0 Å². The average Bonchev–Trinajstić information content (AvgIpc) is 3.76. The summed E-state index contributed by atoms with van der Waals surface area (Å²) in [6.45, 7) is 1.18. The van der Waals surface area contributed by atoms with Gasteiger partial charge in [-0.1, -0.05) is 24.3 Å². The molecule has 280 valence electrons. The zero-order valence-electron chi connectivity index (χ0n) is 30.4. The maximum Gasteiger partial charge on any atom is 0.257 e. The summed E-state index contributed by atoms with van der Waals surface area (Å²) >= 11 is 6.75. The maximum absolute atomic E-state index is 12.9. The summed E-state index contributed by atoms with van der Waals surface area (Å²) in [5.74, 6) is -0.329. The van der Waals surface area contributed by atoms with E-state index in [1.54, 1.807) is 28.0 Å². The Bertz CT molecular complexity index is 2560. The van der Waals surface area contributed by atoms with Crippen LogP contribution in [-0.4, -0.2) is 41.3 Å². The molecule has 56 heavy (non-hydrogen) atoms. The van der Waals surface area contributed by atoms with Gasteiger partial charge in [0.05, 0.1) is 28.4 Å². The van der Waals surface area contributed by atoms with E-state index >= 15 is 0 Å². The van der Waals surface area contributed by atoms with Crippen molar-refractivity contribution in [3.05, 3.63) is 165 Å². The van der Waals surface area contributed by atoms with Gasteiger partial charge in [-0.05, 0) is 128 Å². The Balaban J connectivity index is 0.000000172. The summed E-state index contributed by atoms with van der Waals surface area (Å²) in [5, 5.41) is 23.2. The molecular weight excluding hydrogens is 836 g/mol. The molecule has 0 aliphatic rings. The molecule has 0 spiro atoms. The third-order valence-electron chi connectivity index (χ3n) is 8.77. The number of nitrogens with one attached hydrogen (secondary N) is 4. The third kappa shape index (κ3) is 9.46. The van der Waals surface area contributed by atoms with Crippen molar-refractivity contribution in [3.8, 4) is 0 Å². The number of hydrogen-bond donors (Lipinski definition) is 4. The molecule has 4 aromatic carbocycles. The molecule has 0 saturated heterocycles. The molecular formula is C42H36Br2N10O2. The fourth-order valence-electron chi connectivity index (χ4n) is 6.04. The fourth-order valence-corrected chi connectivity index (χ4v) is 6.86. The molecule has 0 saturated carbocycles. The number of benzene rings is 4. The van der Waals surface area contributed by atoms with Crippen molar-refractivity contribution in [3.63, 3.8) is 0 Å². The first kappa shape index (κ1) is 37.9. The molecule has 0 aliphatic carbocycles. The zero-order chi connectivity index (χ0) is 39.0. The van der Waals surface area contributed by atoms with E-state index < -0.39 is 0 Å². The minimum Gasteiger partial charge on any atom is -0.380 e. The van der Waals surface area contributed by atoms with E-state index in [1.807, 2.05) is 129 Å². The van der Waals surface area contributed by atoms with Gasteiger partial charge in [0.2, 0.25) is 0 Å². The lowest BCUT2D eigenvalue weighted by Crippen LogP contribution is -2.14. The number of amides is 2. The monoisotopic (exact) mass is 870 g/mol. The number of para-hydroxylation sites is 2. The van der Waals surface area contributed by atoms with Crippen molar-refractivity contribution in [1.29, 1.82) is 0 Å². The van der Waals surface area contributed by atoms with Crippen molar-refractivity contribution in [1.82, 2.24) is 29.5 Å². The van der Waals surface area contributed by atoms with Gasteiger partial charge in [0.1, 0.15) is 9.21 Å². The van der Waals surface area contributed by atoms with Crippen molar-refractivity contribution in [2.75, 3.05) is 21.3 Å². The Hall–Kier alpha value is -6.38. The Labute approximate surface area is 339 Å². The maximum atomic E-state index is 12.9.